The summed E-state index contributed by atoms with van der Waals surface area (Å²) in [6.07, 6.45) is 0. The van der Waals surface area contributed by atoms with Gasteiger partial charge in [0, 0.05) is 18.0 Å². The van der Waals surface area contributed by atoms with Crippen LogP contribution in [0.5, 0.6) is 5.75 Å². The Bertz CT molecular complexity index is 382. The minimum absolute atomic E-state index is 0.0156. The van der Waals surface area contributed by atoms with E-state index in [1.807, 2.05) is 0 Å². The summed E-state index contributed by atoms with van der Waals surface area (Å²) >= 11 is 5.67. The molecule has 0 saturated heterocycles. The van der Waals surface area contributed by atoms with Crippen LogP contribution in [-0.2, 0) is 0 Å². The number of methoxy groups -OCH3 is 1. The van der Waals surface area contributed by atoms with Crippen molar-refractivity contribution in [3.05, 3.63) is 29.6 Å². The average Bonchev–Trinajstić information content (AvgIpc) is 2.25. The number of rotatable bonds is 4. The molecular weight excluding hydrogens is 233 g/mol. The molecule has 0 aliphatic heterocycles. The zero-order valence-electron chi connectivity index (χ0n) is 9.09. The van der Waals surface area contributed by atoms with Crippen LogP contribution in [0.15, 0.2) is 18.2 Å². The van der Waals surface area contributed by atoms with Crippen LogP contribution in [0.1, 0.15) is 17.3 Å². The number of amides is 1. The lowest BCUT2D eigenvalue weighted by atomic mass is 10.2. The maximum absolute atomic E-state index is 13.4. The van der Waals surface area contributed by atoms with E-state index in [4.69, 9.17) is 16.3 Å². The third-order valence-electron chi connectivity index (χ3n) is 1.96. The third kappa shape index (κ3) is 3.38. The summed E-state index contributed by atoms with van der Waals surface area (Å²) in [6.45, 7) is 2.04. The normalized spacial score (nSPS) is 12.0. The molecule has 0 aliphatic rings. The summed E-state index contributed by atoms with van der Waals surface area (Å²) in [5.74, 6) is -0.716. The average molecular weight is 246 g/mol. The fraction of sp³-hybridized carbons (Fsp3) is 0.364. The molecule has 0 bridgehead atoms. The summed E-state index contributed by atoms with van der Waals surface area (Å²) in [7, 11) is 1.43. The molecule has 3 nitrogen and oxygen atoms in total. The van der Waals surface area contributed by atoms with Crippen molar-refractivity contribution < 1.29 is 13.9 Å². The van der Waals surface area contributed by atoms with Crippen LogP contribution in [0.25, 0.3) is 0 Å². The summed E-state index contributed by atoms with van der Waals surface area (Å²) < 4.78 is 18.3. The maximum Gasteiger partial charge on any atom is 0.254 e. The van der Waals surface area contributed by atoms with Crippen LogP contribution in [0.4, 0.5) is 4.39 Å². The van der Waals surface area contributed by atoms with Gasteiger partial charge < -0.3 is 10.1 Å². The lowest BCUT2D eigenvalue weighted by molar-refractivity contribution is 0.0950. The number of halogens is 2. The van der Waals surface area contributed by atoms with Gasteiger partial charge in [0.05, 0.1) is 12.7 Å². The summed E-state index contributed by atoms with van der Waals surface area (Å²) in [5, 5.41) is 2.34. The Morgan fingerprint density at radius 2 is 2.31 bits per heavy atom. The van der Waals surface area contributed by atoms with E-state index in [1.54, 1.807) is 6.92 Å². The predicted molar refractivity (Wildman–Crippen MR) is 60.6 cm³/mol. The summed E-state index contributed by atoms with van der Waals surface area (Å²) in [5.41, 5.74) is -0.0156. The first-order chi connectivity index (χ1) is 7.54. The second-order valence-electron chi connectivity index (χ2n) is 3.34. The molecule has 0 saturated carbocycles. The first-order valence-corrected chi connectivity index (χ1v) is 5.24. The first kappa shape index (κ1) is 12.8. The van der Waals surface area contributed by atoms with Gasteiger partial charge in [-0.15, -0.1) is 11.6 Å². The molecule has 0 radical (unpaired) electrons. The van der Waals surface area contributed by atoms with Crippen molar-refractivity contribution in [2.75, 3.05) is 13.7 Å². The van der Waals surface area contributed by atoms with Gasteiger partial charge in [-0.05, 0) is 19.1 Å². The number of alkyl halides is 1. The van der Waals surface area contributed by atoms with Crippen molar-refractivity contribution in [3.63, 3.8) is 0 Å². The summed E-state index contributed by atoms with van der Waals surface area (Å²) in [4.78, 5) is 11.5. The molecule has 0 spiro atoms. The lowest BCUT2D eigenvalue weighted by Gasteiger charge is -2.08. The van der Waals surface area contributed by atoms with E-state index in [1.165, 1.54) is 25.3 Å². The monoisotopic (exact) mass is 245 g/mol. The van der Waals surface area contributed by atoms with Crippen LogP contribution in [0.3, 0.4) is 0 Å². The van der Waals surface area contributed by atoms with E-state index in [2.05, 4.69) is 5.32 Å². The number of ether oxygens (including phenoxy) is 1. The highest BCUT2D eigenvalue weighted by Gasteiger charge is 2.12. The molecule has 1 amide bonds. The molecule has 5 heteroatoms. The van der Waals surface area contributed by atoms with Gasteiger partial charge in [-0.3, -0.25) is 4.79 Å². The lowest BCUT2D eigenvalue weighted by Crippen LogP contribution is -2.29. The smallest absolute Gasteiger partial charge is 0.254 e. The predicted octanol–water partition coefficient (Wildman–Crippen LogP) is 2.19. The molecule has 0 aromatic heterocycles. The maximum atomic E-state index is 13.4. The van der Waals surface area contributed by atoms with Gasteiger partial charge in [-0.2, -0.15) is 0 Å². The van der Waals surface area contributed by atoms with E-state index in [0.717, 1.165) is 0 Å². The Morgan fingerprint density at radius 1 is 1.62 bits per heavy atom. The number of benzene rings is 1. The van der Waals surface area contributed by atoms with E-state index >= 15 is 0 Å². The second-order valence-corrected chi connectivity index (χ2v) is 4.08. The number of nitrogens with one attached hydrogen (secondary N) is 1. The standard InChI is InChI=1S/C11H13ClFNO2/c1-7(12)6-14-11(15)9-4-3-8(16-2)5-10(9)13/h3-5,7H,6H2,1-2H3,(H,14,15). The Hall–Kier alpha value is -1.29. The number of hydrogen-bond donors (Lipinski definition) is 1. The van der Waals surface area contributed by atoms with Gasteiger partial charge in [0.15, 0.2) is 0 Å². The highest BCUT2D eigenvalue weighted by Crippen LogP contribution is 2.16. The van der Waals surface area contributed by atoms with Crippen LogP contribution in [0, 0.1) is 5.82 Å². The van der Waals surface area contributed by atoms with Crippen LogP contribution < -0.4 is 10.1 Å². The van der Waals surface area contributed by atoms with Gasteiger partial charge in [-0.25, -0.2) is 4.39 Å². The molecular formula is C11H13ClFNO2. The van der Waals surface area contributed by atoms with Gasteiger partial charge in [0.2, 0.25) is 0 Å². The molecule has 1 aromatic rings. The summed E-state index contributed by atoms with van der Waals surface area (Å²) in [6, 6.07) is 4.07. The number of carbonyl (C=O) groups excluding carboxylic acids is 1. The molecule has 0 fully saturated rings. The first-order valence-electron chi connectivity index (χ1n) is 4.80. The highest BCUT2D eigenvalue weighted by atomic mass is 35.5. The molecule has 16 heavy (non-hydrogen) atoms. The number of carbonyl (C=O) groups is 1. The van der Waals surface area contributed by atoms with E-state index in [0.29, 0.717) is 12.3 Å². The van der Waals surface area contributed by atoms with Crippen molar-refractivity contribution in [2.24, 2.45) is 0 Å². The van der Waals surface area contributed by atoms with Gasteiger partial charge in [-0.1, -0.05) is 0 Å². The molecule has 0 aliphatic carbocycles. The Kier molecular flexibility index (Phi) is 4.55. The third-order valence-corrected chi connectivity index (χ3v) is 2.12. The Labute approximate surface area is 98.5 Å². The van der Waals surface area contributed by atoms with Crippen molar-refractivity contribution >= 4 is 17.5 Å². The van der Waals surface area contributed by atoms with E-state index < -0.39 is 11.7 Å². The van der Waals surface area contributed by atoms with Crippen molar-refractivity contribution in [2.45, 2.75) is 12.3 Å². The van der Waals surface area contributed by atoms with Gasteiger partial charge in [0.25, 0.3) is 5.91 Å². The fourth-order valence-corrected chi connectivity index (χ4v) is 1.21. The highest BCUT2D eigenvalue weighted by molar-refractivity contribution is 6.20. The Balaban J connectivity index is 2.76. The van der Waals surface area contributed by atoms with Crippen molar-refractivity contribution in [1.29, 1.82) is 0 Å². The topological polar surface area (TPSA) is 38.3 Å². The van der Waals surface area contributed by atoms with Gasteiger partial charge >= 0.3 is 0 Å². The molecule has 1 aromatic carbocycles. The SMILES string of the molecule is COc1ccc(C(=O)NCC(C)Cl)c(F)c1. The van der Waals surface area contributed by atoms with Gasteiger partial charge in [0.1, 0.15) is 11.6 Å². The fourth-order valence-electron chi connectivity index (χ4n) is 1.14. The van der Waals surface area contributed by atoms with Crippen molar-refractivity contribution in [1.82, 2.24) is 5.32 Å². The van der Waals surface area contributed by atoms with E-state index in [-0.39, 0.29) is 10.9 Å². The van der Waals surface area contributed by atoms with E-state index in [9.17, 15) is 9.18 Å². The number of hydrogen-bond acceptors (Lipinski definition) is 2. The minimum Gasteiger partial charge on any atom is -0.497 e. The molecule has 1 N–H and O–H groups in total. The Morgan fingerprint density at radius 3 is 2.81 bits per heavy atom. The molecule has 0 heterocycles. The van der Waals surface area contributed by atoms with Crippen molar-refractivity contribution in [3.8, 4) is 5.75 Å². The molecule has 1 rings (SSSR count). The zero-order chi connectivity index (χ0) is 12.1. The molecule has 1 unspecified atom stereocenters. The second kappa shape index (κ2) is 5.70. The van der Waals surface area contributed by atoms with Crippen LogP contribution in [0.2, 0.25) is 0 Å². The minimum atomic E-state index is -0.612. The van der Waals surface area contributed by atoms with Crippen LogP contribution in [-0.4, -0.2) is 24.9 Å². The zero-order valence-corrected chi connectivity index (χ0v) is 9.84. The largest absolute Gasteiger partial charge is 0.497 e. The molecule has 88 valence electrons. The molecule has 1 atom stereocenters. The van der Waals surface area contributed by atoms with Crippen LogP contribution >= 0.6 is 11.6 Å². The quantitative estimate of drug-likeness (QED) is 0.826.